The summed E-state index contributed by atoms with van der Waals surface area (Å²) in [5.41, 5.74) is 0. The molecule has 2 heterocycles. The molecule has 4 nitrogen and oxygen atoms in total. The van der Waals surface area contributed by atoms with Crippen molar-refractivity contribution >= 4 is 41.3 Å². The zero-order chi connectivity index (χ0) is 13.8. The Hall–Kier alpha value is -0.370. The van der Waals surface area contributed by atoms with Crippen molar-refractivity contribution in [3.63, 3.8) is 0 Å². The maximum absolute atomic E-state index is 4.42. The van der Waals surface area contributed by atoms with Crippen LogP contribution >= 0.6 is 35.3 Å². The number of nitrogens with zero attached hydrogens (tertiary/aromatic N) is 3. The predicted molar refractivity (Wildman–Crippen MR) is 97.0 cm³/mol. The summed E-state index contributed by atoms with van der Waals surface area (Å²) in [4.78, 5) is 12.3. The molecule has 2 rings (SSSR count). The van der Waals surface area contributed by atoms with Crippen molar-refractivity contribution < 1.29 is 0 Å². The molecule has 1 aliphatic rings. The number of hydrogen-bond donors (Lipinski definition) is 1. The zero-order valence-electron chi connectivity index (χ0n) is 12.7. The first-order valence-electron chi connectivity index (χ1n) is 6.95. The van der Waals surface area contributed by atoms with Gasteiger partial charge in [-0.15, -0.1) is 35.3 Å². The van der Waals surface area contributed by atoms with Crippen LogP contribution in [-0.4, -0.2) is 36.0 Å². The Labute approximate surface area is 143 Å². The Kier molecular flexibility index (Phi) is 7.22. The van der Waals surface area contributed by atoms with Gasteiger partial charge >= 0.3 is 0 Å². The molecule has 0 saturated carbocycles. The minimum Gasteiger partial charge on any atom is -0.351 e. The summed E-state index contributed by atoms with van der Waals surface area (Å²) >= 11 is 1.74. The van der Waals surface area contributed by atoms with Crippen molar-refractivity contribution in [3.8, 4) is 0 Å². The van der Waals surface area contributed by atoms with Crippen LogP contribution in [0.15, 0.2) is 11.2 Å². The first-order valence-corrected chi connectivity index (χ1v) is 7.77. The average Bonchev–Trinajstić information content (AvgIpc) is 2.75. The molecule has 1 N–H and O–H groups in total. The number of likely N-dealkylation sites (tertiary alicyclic amines) is 1. The highest BCUT2D eigenvalue weighted by Gasteiger charge is 2.23. The Morgan fingerprint density at radius 3 is 2.60 bits per heavy atom. The highest BCUT2D eigenvalue weighted by Crippen LogP contribution is 2.21. The summed E-state index contributed by atoms with van der Waals surface area (Å²) in [5.74, 6) is 2.50. The monoisotopic (exact) mass is 408 g/mol. The van der Waals surface area contributed by atoms with Gasteiger partial charge in [-0.2, -0.15) is 0 Å². The maximum atomic E-state index is 4.42. The molecular formula is C14H25IN4S. The molecular weight excluding hydrogens is 383 g/mol. The molecule has 20 heavy (non-hydrogen) atoms. The SMILES string of the molecule is CN=C(NCc1cnc(C)s1)N1CC(C)CC(C)C1.I. The van der Waals surface area contributed by atoms with Crippen molar-refractivity contribution in [1.82, 2.24) is 15.2 Å². The van der Waals surface area contributed by atoms with Crippen LogP contribution in [0, 0.1) is 18.8 Å². The zero-order valence-corrected chi connectivity index (χ0v) is 15.9. The van der Waals surface area contributed by atoms with E-state index >= 15 is 0 Å². The van der Waals surface area contributed by atoms with E-state index in [0.717, 1.165) is 42.4 Å². The summed E-state index contributed by atoms with van der Waals surface area (Å²) in [6, 6.07) is 0. The van der Waals surface area contributed by atoms with E-state index in [1.807, 2.05) is 20.2 Å². The van der Waals surface area contributed by atoms with Gasteiger partial charge in [0.2, 0.25) is 0 Å². The Bertz CT molecular complexity index is 436. The summed E-state index contributed by atoms with van der Waals surface area (Å²) in [6.07, 6.45) is 3.27. The van der Waals surface area contributed by atoms with E-state index in [4.69, 9.17) is 0 Å². The third kappa shape index (κ3) is 4.87. The fourth-order valence-electron chi connectivity index (χ4n) is 2.82. The molecule has 0 amide bonds. The topological polar surface area (TPSA) is 40.5 Å². The van der Waals surface area contributed by atoms with Gasteiger partial charge in [-0.05, 0) is 25.2 Å². The number of nitrogens with one attached hydrogen (secondary N) is 1. The molecule has 1 aliphatic heterocycles. The molecule has 0 spiro atoms. The normalized spacial score (nSPS) is 23.4. The number of piperidine rings is 1. The number of aliphatic imine (C=N–C) groups is 1. The van der Waals surface area contributed by atoms with Crippen molar-refractivity contribution in [3.05, 3.63) is 16.1 Å². The van der Waals surface area contributed by atoms with Crippen molar-refractivity contribution in [1.29, 1.82) is 0 Å². The lowest BCUT2D eigenvalue weighted by Crippen LogP contribution is -2.48. The predicted octanol–water partition coefficient (Wildman–Crippen LogP) is 3.12. The molecule has 0 aliphatic carbocycles. The van der Waals surface area contributed by atoms with E-state index in [0.29, 0.717) is 0 Å². The highest BCUT2D eigenvalue weighted by molar-refractivity contribution is 14.0. The average molecular weight is 408 g/mol. The third-order valence-corrected chi connectivity index (χ3v) is 4.38. The van der Waals surface area contributed by atoms with Gasteiger partial charge in [0.15, 0.2) is 5.96 Å². The van der Waals surface area contributed by atoms with E-state index in [-0.39, 0.29) is 24.0 Å². The van der Waals surface area contributed by atoms with Gasteiger partial charge in [-0.3, -0.25) is 4.99 Å². The molecule has 1 fully saturated rings. The van der Waals surface area contributed by atoms with Crippen LogP contribution in [0.5, 0.6) is 0 Å². The van der Waals surface area contributed by atoms with E-state index in [2.05, 4.69) is 34.0 Å². The molecule has 1 aromatic heterocycles. The highest BCUT2D eigenvalue weighted by atomic mass is 127. The molecule has 0 radical (unpaired) electrons. The summed E-state index contributed by atoms with van der Waals surface area (Å²) in [7, 11) is 1.87. The molecule has 114 valence electrons. The first kappa shape index (κ1) is 17.7. The number of aromatic nitrogens is 1. The van der Waals surface area contributed by atoms with Crippen LogP contribution in [0.1, 0.15) is 30.2 Å². The number of thiazole rings is 1. The molecule has 0 bridgehead atoms. The van der Waals surface area contributed by atoms with Crippen LogP contribution in [-0.2, 0) is 6.54 Å². The van der Waals surface area contributed by atoms with Crippen LogP contribution in [0.3, 0.4) is 0 Å². The number of rotatable bonds is 2. The van der Waals surface area contributed by atoms with Crippen molar-refractivity contribution in [2.24, 2.45) is 16.8 Å². The van der Waals surface area contributed by atoms with Crippen LogP contribution in [0.25, 0.3) is 0 Å². The van der Waals surface area contributed by atoms with Gasteiger partial charge in [0, 0.05) is 31.2 Å². The van der Waals surface area contributed by atoms with Gasteiger partial charge in [-0.1, -0.05) is 13.8 Å². The second-order valence-corrected chi connectivity index (χ2v) is 6.92. The molecule has 6 heteroatoms. The standard InChI is InChI=1S/C14H24N4S.HI/c1-10-5-11(2)9-18(8-10)14(15-4)17-7-13-6-16-12(3)19-13;/h6,10-11H,5,7-9H2,1-4H3,(H,15,17);1H. The van der Waals surface area contributed by atoms with Gasteiger partial charge in [0.25, 0.3) is 0 Å². The number of aryl methyl sites for hydroxylation is 1. The van der Waals surface area contributed by atoms with Crippen molar-refractivity contribution in [2.45, 2.75) is 33.7 Å². The maximum Gasteiger partial charge on any atom is 0.193 e. The minimum absolute atomic E-state index is 0. The third-order valence-electron chi connectivity index (χ3n) is 3.47. The Morgan fingerprint density at radius 1 is 1.45 bits per heavy atom. The minimum atomic E-state index is 0. The molecule has 1 aromatic rings. The second kappa shape index (κ2) is 8.17. The fraction of sp³-hybridized carbons (Fsp3) is 0.714. The second-order valence-electron chi connectivity index (χ2n) is 5.60. The van der Waals surface area contributed by atoms with Gasteiger partial charge in [0.05, 0.1) is 11.6 Å². The molecule has 0 aromatic carbocycles. The van der Waals surface area contributed by atoms with E-state index < -0.39 is 0 Å². The fourth-order valence-corrected chi connectivity index (χ4v) is 3.56. The summed E-state index contributed by atoms with van der Waals surface area (Å²) < 4.78 is 0. The number of halogens is 1. The van der Waals surface area contributed by atoms with Gasteiger partial charge in [-0.25, -0.2) is 4.98 Å². The Morgan fingerprint density at radius 2 is 2.10 bits per heavy atom. The Balaban J connectivity index is 0.00000200. The first-order chi connectivity index (χ1) is 9.08. The van der Waals surface area contributed by atoms with Crippen LogP contribution in [0.2, 0.25) is 0 Å². The lowest BCUT2D eigenvalue weighted by molar-refractivity contribution is 0.208. The summed E-state index contributed by atoms with van der Waals surface area (Å²) in [6.45, 7) is 9.71. The lowest BCUT2D eigenvalue weighted by atomic mass is 9.92. The lowest BCUT2D eigenvalue weighted by Gasteiger charge is -2.37. The quantitative estimate of drug-likeness (QED) is 0.465. The molecule has 2 unspecified atom stereocenters. The summed E-state index contributed by atoms with van der Waals surface area (Å²) in [5, 5.41) is 4.57. The largest absolute Gasteiger partial charge is 0.351 e. The van der Waals surface area contributed by atoms with Crippen LogP contribution < -0.4 is 5.32 Å². The van der Waals surface area contributed by atoms with E-state index in [1.54, 1.807) is 11.3 Å². The number of guanidine groups is 1. The smallest absolute Gasteiger partial charge is 0.193 e. The molecule has 2 atom stereocenters. The van der Waals surface area contributed by atoms with Gasteiger partial charge < -0.3 is 10.2 Å². The van der Waals surface area contributed by atoms with Crippen LogP contribution in [0.4, 0.5) is 0 Å². The van der Waals surface area contributed by atoms with Crippen molar-refractivity contribution in [2.75, 3.05) is 20.1 Å². The van der Waals surface area contributed by atoms with E-state index in [1.165, 1.54) is 11.3 Å². The molecule has 1 saturated heterocycles. The van der Waals surface area contributed by atoms with E-state index in [9.17, 15) is 0 Å². The number of hydrogen-bond acceptors (Lipinski definition) is 3. The van der Waals surface area contributed by atoms with Gasteiger partial charge in [0.1, 0.15) is 0 Å².